The minimum Gasteiger partial charge on any atom is -0.490 e. The van der Waals surface area contributed by atoms with Gasteiger partial charge in [-0.3, -0.25) is 4.79 Å². The van der Waals surface area contributed by atoms with E-state index in [2.05, 4.69) is 9.97 Å². The van der Waals surface area contributed by atoms with E-state index in [4.69, 9.17) is 9.47 Å². The summed E-state index contributed by atoms with van der Waals surface area (Å²) in [5, 5.41) is 0.528. The smallest absolute Gasteiger partial charge is 0.258 e. The monoisotopic (exact) mass is 232 g/mol. The number of aryl methyl sites for hydroxylation is 1. The highest BCUT2D eigenvalue weighted by Gasteiger charge is 2.13. The molecule has 0 amide bonds. The highest BCUT2D eigenvalue weighted by molar-refractivity contribution is 5.81. The van der Waals surface area contributed by atoms with Crippen LogP contribution in [0, 0.1) is 6.92 Å². The summed E-state index contributed by atoms with van der Waals surface area (Å²) in [5.74, 6) is 1.87. The van der Waals surface area contributed by atoms with Gasteiger partial charge in [0.2, 0.25) is 0 Å². The molecule has 0 bridgehead atoms. The molecule has 1 N–H and O–H groups in total. The number of nitrogens with zero attached hydrogens (tertiary/aromatic N) is 1. The van der Waals surface area contributed by atoms with Gasteiger partial charge in [-0.2, -0.15) is 0 Å². The first-order chi connectivity index (χ1) is 8.24. The lowest BCUT2D eigenvalue weighted by molar-refractivity contribution is 0.297. The normalized spacial score (nSPS) is 14.6. The molecule has 3 rings (SSSR count). The van der Waals surface area contributed by atoms with Crippen LogP contribution in [0.5, 0.6) is 11.5 Å². The number of fused-ring (bicyclic) bond motifs is 2. The molecule has 0 spiro atoms. The first-order valence-corrected chi connectivity index (χ1v) is 5.54. The summed E-state index contributed by atoms with van der Waals surface area (Å²) in [7, 11) is 0. The lowest BCUT2D eigenvalue weighted by Crippen LogP contribution is -2.10. The highest BCUT2D eigenvalue weighted by atomic mass is 16.5. The molecule has 1 aliphatic rings. The van der Waals surface area contributed by atoms with Crippen molar-refractivity contribution >= 4 is 10.9 Å². The maximum atomic E-state index is 11.8. The molecule has 1 aliphatic heterocycles. The summed E-state index contributed by atoms with van der Waals surface area (Å²) in [6.07, 6.45) is 0.841. The number of ether oxygens (including phenoxy) is 2. The van der Waals surface area contributed by atoms with Gasteiger partial charge in [0.05, 0.1) is 24.1 Å². The number of aromatic nitrogens is 2. The van der Waals surface area contributed by atoms with Crippen LogP contribution in [-0.4, -0.2) is 23.2 Å². The van der Waals surface area contributed by atoms with Crippen LogP contribution < -0.4 is 15.0 Å². The maximum absolute atomic E-state index is 11.8. The fourth-order valence-electron chi connectivity index (χ4n) is 1.91. The Labute approximate surface area is 97.4 Å². The van der Waals surface area contributed by atoms with Gasteiger partial charge >= 0.3 is 0 Å². The fourth-order valence-corrected chi connectivity index (χ4v) is 1.91. The third kappa shape index (κ3) is 1.73. The molecule has 88 valence electrons. The molecule has 0 unspecified atom stereocenters. The van der Waals surface area contributed by atoms with Gasteiger partial charge in [0.15, 0.2) is 11.5 Å². The van der Waals surface area contributed by atoms with E-state index in [0.29, 0.717) is 41.4 Å². The van der Waals surface area contributed by atoms with Crippen LogP contribution in [0.1, 0.15) is 12.2 Å². The Kier molecular flexibility index (Phi) is 2.24. The quantitative estimate of drug-likeness (QED) is 0.745. The standard InChI is InChI=1S/C12H12N2O3/c1-7-13-9-6-11-10(16-3-2-4-17-11)5-8(9)12(15)14-7/h5-6H,2-4H2,1H3,(H,13,14,15). The van der Waals surface area contributed by atoms with Gasteiger partial charge in [0.1, 0.15) is 5.82 Å². The minimum absolute atomic E-state index is 0.150. The van der Waals surface area contributed by atoms with E-state index in [1.807, 2.05) is 0 Å². The van der Waals surface area contributed by atoms with Crippen molar-refractivity contribution in [3.8, 4) is 11.5 Å². The third-order valence-electron chi connectivity index (χ3n) is 2.69. The summed E-state index contributed by atoms with van der Waals surface area (Å²) >= 11 is 0. The average molecular weight is 232 g/mol. The van der Waals surface area contributed by atoms with Crippen molar-refractivity contribution in [2.75, 3.05) is 13.2 Å². The molecule has 0 atom stereocenters. The van der Waals surface area contributed by atoms with Gasteiger partial charge in [0.25, 0.3) is 5.56 Å². The molecule has 2 heterocycles. The second-order valence-corrected chi connectivity index (χ2v) is 4.02. The van der Waals surface area contributed by atoms with Crippen LogP contribution in [-0.2, 0) is 0 Å². The summed E-state index contributed by atoms with van der Waals surface area (Å²) in [5.41, 5.74) is 0.485. The van der Waals surface area contributed by atoms with Crippen molar-refractivity contribution in [3.63, 3.8) is 0 Å². The van der Waals surface area contributed by atoms with E-state index in [1.54, 1.807) is 19.1 Å². The molecule has 17 heavy (non-hydrogen) atoms. The zero-order chi connectivity index (χ0) is 11.8. The number of H-pyrrole nitrogens is 1. The molecule has 0 saturated carbocycles. The van der Waals surface area contributed by atoms with Gasteiger partial charge < -0.3 is 14.5 Å². The Bertz CT molecular complexity index is 633. The Hall–Kier alpha value is -2.04. The third-order valence-corrected chi connectivity index (χ3v) is 2.69. The maximum Gasteiger partial charge on any atom is 0.258 e. The zero-order valence-electron chi connectivity index (χ0n) is 9.45. The molecule has 1 aromatic heterocycles. The van der Waals surface area contributed by atoms with Crippen molar-refractivity contribution in [2.45, 2.75) is 13.3 Å². The first-order valence-electron chi connectivity index (χ1n) is 5.54. The van der Waals surface area contributed by atoms with Crippen LogP contribution in [0.25, 0.3) is 10.9 Å². The summed E-state index contributed by atoms with van der Waals surface area (Å²) in [6.45, 7) is 2.99. The number of aromatic amines is 1. The molecule has 5 heteroatoms. The van der Waals surface area contributed by atoms with Gasteiger partial charge in [0, 0.05) is 12.5 Å². The van der Waals surface area contributed by atoms with E-state index in [1.165, 1.54) is 0 Å². The molecule has 5 nitrogen and oxygen atoms in total. The Morgan fingerprint density at radius 2 is 1.94 bits per heavy atom. The fraction of sp³-hybridized carbons (Fsp3) is 0.333. The Morgan fingerprint density at radius 1 is 1.24 bits per heavy atom. The molecule has 0 saturated heterocycles. The topological polar surface area (TPSA) is 64.2 Å². The minimum atomic E-state index is -0.150. The van der Waals surface area contributed by atoms with Gasteiger partial charge in [-0.15, -0.1) is 0 Å². The van der Waals surface area contributed by atoms with Crippen molar-refractivity contribution in [1.29, 1.82) is 0 Å². The van der Waals surface area contributed by atoms with Crippen LogP contribution >= 0.6 is 0 Å². The molecular weight excluding hydrogens is 220 g/mol. The molecule has 2 aromatic rings. The van der Waals surface area contributed by atoms with Crippen LogP contribution in [0.15, 0.2) is 16.9 Å². The SMILES string of the molecule is Cc1nc2cc3c(cc2c(=O)[nH]1)OCCCO3. The summed E-state index contributed by atoms with van der Waals surface area (Å²) < 4.78 is 11.1. The molecule has 1 aromatic carbocycles. The summed E-state index contributed by atoms with van der Waals surface area (Å²) in [4.78, 5) is 18.7. The van der Waals surface area contributed by atoms with Crippen LogP contribution in [0.2, 0.25) is 0 Å². The average Bonchev–Trinajstić information content (AvgIpc) is 2.51. The molecule has 0 aliphatic carbocycles. The summed E-state index contributed by atoms with van der Waals surface area (Å²) in [6, 6.07) is 3.46. The van der Waals surface area contributed by atoms with Gasteiger partial charge in [-0.25, -0.2) is 4.98 Å². The first kappa shape index (κ1) is 10.1. The van der Waals surface area contributed by atoms with Crippen LogP contribution in [0.4, 0.5) is 0 Å². The van der Waals surface area contributed by atoms with E-state index in [0.717, 1.165) is 6.42 Å². The van der Waals surface area contributed by atoms with Crippen LogP contribution in [0.3, 0.4) is 0 Å². The second-order valence-electron chi connectivity index (χ2n) is 4.02. The van der Waals surface area contributed by atoms with E-state index >= 15 is 0 Å². The van der Waals surface area contributed by atoms with Gasteiger partial charge in [-0.05, 0) is 13.0 Å². The van der Waals surface area contributed by atoms with Gasteiger partial charge in [-0.1, -0.05) is 0 Å². The number of nitrogens with one attached hydrogen (secondary N) is 1. The number of benzene rings is 1. The zero-order valence-corrected chi connectivity index (χ0v) is 9.45. The number of rotatable bonds is 0. The number of hydrogen-bond acceptors (Lipinski definition) is 4. The predicted molar refractivity (Wildman–Crippen MR) is 62.7 cm³/mol. The molecular formula is C12H12N2O3. The van der Waals surface area contributed by atoms with E-state index in [-0.39, 0.29) is 5.56 Å². The second kappa shape index (κ2) is 3.76. The highest BCUT2D eigenvalue weighted by Crippen LogP contribution is 2.32. The van der Waals surface area contributed by atoms with Crippen molar-refractivity contribution < 1.29 is 9.47 Å². The molecule has 0 radical (unpaired) electrons. The van der Waals surface area contributed by atoms with Crippen molar-refractivity contribution in [3.05, 3.63) is 28.3 Å². The van der Waals surface area contributed by atoms with Crippen molar-refractivity contribution in [2.24, 2.45) is 0 Å². The Morgan fingerprint density at radius 3 is 2.71 bits per heavy atom. The largest absolute Gasteiger partial charge is 0.490 e. The lowest BCUT2D eigenvalue weighted by Gasteiger charge is -2.08. The molecule has 0 fully saturated rings. The van der Waals surface area contributed by atoms with E-state index in [9.17, 15) is 4.79 Å². The number of hydrogen-bond donors (Lipinski definition) is 1. The van der Waals surface area contributed by atoms with Crippen molar-refractivity contribution in [1.82, 2.24) is 9.97 Å². The van der Waals surface area contributed by atoms with E-state index < -0.39 is 0 Å². The Balaban J connectivity index is 2.29. The lowest BCUT2D eigenvalue weighted by atomic mass is 10.2. The predicted octanol–water partition coefficient (Wildman–Crippen LogP) is 1.39.